The molecule has 2 rings (SSSR count). The van der Waals surface area contributed by atoms with E-state index in [4.69, 9.17) is 5.73 Å². The Bertz CT molecular complexity index is 513. The van der Waals surface area contributed by atoms with Gasteiger partial charge in [0, 0.05) is 30.9 Å². The van der Waals surface area contributed by atoms with Gasteiger partial charge in [-0.25, -0.2) is 4.39 Å². The van der Waals surface area contributed by atoms with E-state index in [1.807, 2.05) is 0 Å². The van der Waals surface area contributed by atoms with Crippen LogP contribution in [0.5, 0.6) is 0 Å². The van der Waals surface area contributed by atoms with Crippen molar-refractivity contribution in [3.63, 3.8) is 0 Å². The number of rotatable bonds is 5. The molecule has 6 heteroatoms. The quantitative estimate of drug-likeness (QED) is 0.666. The lowest BCUT2D eigenvalue weighted by molar-refractivity contribution is -0.897. The van der Waals surface area contributed by atoms with Gasteiger partial charge in [0.25, 0.3) is 5.91 Å². The zero-order chi connectivity index (χ0) is 15.2. The summed E-state index contributed by atoms with van der Waals surface area (Å²) in [6, 6.07) is 6.39. The maximum Gasteiger partial charge on any atom is 0.275 e. The van der Waals surface area contributed by atoms with Gasteiger partial charge in [0.2, 0.25) is 5.91 Å². The molecule has 2 amide bonds. The zero-order valence-corrected chi connectivity index (χ0v) is 11.9. The molecule has 5 nitrogen and oxygen atoms in total. The first-order valence-corrected chi connectivity index (χ1v) is 7.19. The van der Waals surface area contributed by atoms with Gasteiger partial charge in [-0.05, 0) is 6.07 Å². The van der Waals surface area contributed by atoms with E-state index < -0.39 is 0 Å². The lowest BCUT2D eigenvalue weighted by Gasteiger charge is -2.27. The molecule has 1 aromatic carbocycles. The van der Waals surface area contributed by atoms with Gasteiger partial charge in [-0.1, -0.05) is 18.2 Å². The minimum Gasteiger partial charge on any atom is -0.369 e. The number of hydrogen-bond acceptors (Lipinski definition) is 2. The van der Waals surface area contributed by atoms with Gasteiger partial charge in [-0.2, -0.15) is 0 Å². The summed E-state index contributed by atoms with van der Waals surface area (Å²) >= 11 is 0. The smallest absolute Gasteiger partial charge is 0.275 e. The molecule has 114 valence electrons. The van der Waals surface area contributed by atoms with Gasteiger partial charge in [-0.3, -0.25) is 9.59 Å². The predicted octanol–water partition coefficient (Wildman–Crippen LogP) is -0.778. The molecular formula is C15H21FN3O2+. The number of carbonyl (C=O) groups excluding carboxylic acids is 2. The predicted molar refractivity (Wildman–Crippen MR) is 75.7 cm³/mol. The molecule has 0 aliphatic carbocycles. The fourth-order valence-electron chi connectivity index (χ4n) is 2.61. The van der Waals surface area contributed by atoms with Crippen molar-refractivity contribution in [2.24, 2.45) is 11.7 Å². The maximum absolute atomic E-state index is 13.4. The van der Waals surface area contributed by atoms with Crippen molar-refractivity contribution < 1.29 is 18.9 Å². The fraction of sp³-hybridized carbons (Fsp3) is 0.467. The van der Waals surface area contributed by atoms with Gasteiger partial charge < -0.3 is 16.0 Å². The van der Waals surface area contributed by atoms with Crippen molar-refractivity contribution in [3.05, 3.63) is 35.6 Å². The van der Waals surface area contributed by atoms with Gasteiger partial charge >= 0.3 is 0 Å². The first-order valence-electron chi connectivity index (χ1n) is 7.19. The lowest BCUT2D eigenvalue weighted by Crippen LogP contribution is -3.14. The van der Waals surface area contributed by atoms with Crippen molar-refractivity contribution in [2.75, 3.05) is 19.6 Å². The van der Waals surface area contributed by atoms with Crippen molar-refractivity contribution >= 4 is 11.8 Å². The van der Waals surface area contributed by atoms with E-state index in [2.05, 4.69) is 5.32 Å². The molecule has 1 aliphatic rings. The monoisotopic (exact) mass is 294 g/mol. The molecule has 1 heterocycles. The Morgan fingerprint density at radius 3 is 2.57 bits per heavy atom. The minimum atomic E-state index is -0.313. The highest BCUT2D eigenvalue weighted by atomic mass is 19.1. The van der Waals surface area contributed by atoms with Crippen molar-refractivity contribution in [2.45, 2.75) is 19.4 Å². The molecule has 1 aliphatic heterocycles. The number of benzene rings is 1. The molecular weight excluding hydrogens is 273 g/mol. The molecule has 1 aromatic rings. The second-order valence-electron chi connectivity index (χ2n) is 5.47. The van der Waals surface area contributed by atoms with E-state index in [0.29, 0.717) is 12.1 Å². The Morgan fingerprint density at radius 1 is 1.29 bits per heavy atom. The summed E-state index contributed by atoms with van der Waals surface area (Å²) in [7, 11) is 0. The number of halogens is 1. The van der Waals surface area contributed by atoms with Gasteiger partial charge in [0.15, 0.2) is 6.54 Å². The van der Waals surface area contributed by atoms with Crippen LogP contribution in [-0.4, -0.2) is 31.4 Å². The number of amides is 2. The molecule has 0 unspecified atom stereocenters. The molecule has 0 bridgehead atoms. The van der Waals surface area contributed by atoms with Crippen LogP contribution in [0, 0.1) is 11.7 Å². The highest BCUT2D eigenvalue weighted by Gasteiger charge is 2.26. The zero-order valence-electron chi connectivity index (χ0n) is 11.9. The van der Waals surface area contributed by atoms with Gasteiger partial charge in [0.1, 0.15) is 5.82 Å². The summed E-state index contributed by atoms with van der Waals surface area (Å²) in [5, 5.41) is 2.73. The van der Waals surface area contributed by atoms with Crippen LogP contribution in [0.1, 0.15) is 18.4 Å². The molecule has 1 saturated heterocycles. The largest absolute Gasteiger partial charge is 0.369 e. The summed E-state index contributed by atoms with van der Waals surface area (Å²) < 4.78 is 13.4. The topological polar surface area (TPSA) is 76.6 Å². The summed E-state index contributed by atoms with van der Waals surface area (Å²) in [4.78, 5) is 24.1. The molecule has 21 heavy (non-hydrogen) atoms. The Labute approximate surface area is 123 Å². The van der Waals surface area contributed by atoms with Crippen LogP contribution in [-0.2, 0) is 16.1 Å². The van der Waals surface area contributed by atoms with Crippen LogP contribution in [0.3, 0.4) is 0 Å². The van der Waals surface area contributed by atoms with E-state index in [1.54, 1.807) is 18.2 Å². The Balaban J connectivity index is 1.73. The third kappa shape index (κ3) is 4.53. The number of nitrogens with one attached hydrogen (secondary N) is 2. The SMILES string of the molecule is NC(=O)C1CC[NH+](CC(=O)NCc2ccccc2F)CC1. The molecule has 0 aromatic heterocycles. The molecule has 0 spiro atoms. The van der Waals surface area contributed by atoms with E-state index in [1.165, 1.54) is 6.07 Å². The molecule has 0 radical (unpaired) electrons. The first-order chi connectivity index (χ1) is 10.1. The summed E-state index contributed by atoms with van der Waals surface area (Å²) in [5.74, 6) is -0.730. The number of likely N-dealkylation sites (tertiary alicyclic amines) is 1. The Kier molecular flexibility index (Phi) is 5.27. The Hall–Kier alpha value is -1.95. The van der Waals surface area contributed by atoms with E-state index >= 15 is 0 Å². The molecule has 4 N–H and O–H groups in total. The number of carbonyl (C=O) groups is 2. The second-order valence-corrected chi connectivity index (χ2v) is 5.47. The van der Waals surface area contributed by atoms with Crippen LogP contribution in [0.2, 0.25) is 0 Å². The summed E-state index contributed by atoms with van der Waals surface area (Å²) in [6.07, 6.45) is 1.45. The van der Waals surface area contributed by atoms with Crippen LogP contribution >= 0.6 is 0 Å². The van der Waals surface area contributed by atoms with E-state index in [9.17, 15) is 14.0 Å². The fourth-order valence-corrected chi connectivity index (χ4v) is 2.61. The summed E-state index contributed by atoms with van der Waals surface area (Å²) in [5.41, 5.74) is 5.76. The van der Waals surface area contributed by atoms with E-state index in [0.717, 1.165) is 30.8 Å². The van der Waals surface area contributed by atoms with Crippen LogP contribution in [0.4, 0.5) is 4.39 Å². The van der Waals surface area contributed by atoms with Crippen molar-refractivity contribution in [1.82, 2.24) is 5.32 Å². The normalized spacial score (nSPS) is 21.8. The van der Waals surface area contributed by atoms with E-state index in [-0.39, 0.29) is 30.1 Å². The minimum absolute atomic E-state index is 0.0600. The number of primary amides is 1. The van der Waals surface area contributed by atoms with Gasteiger partial charge in [-0.15, -0.1) is 0 Å². The van der Waals surface area contributed by atoms with Crippen LogP contribution < -0.4 is 16.0 Å². The van der Waals surface area contributed by atoms with Crippen LogP contribution in [0.15, 0.2) is 24.3 Å². The average Bonchev–Trinajstić information content (AvgIpc) is 2.47. The second kappa shape index (κ2) is 7.17. The van der Waals surface area contributed by atoms with Crippen LogP contribution in [0.25, 0.3) is 0 Å². The standard InChI is InChI=1S/C15H20FN3O2/c16-13-4-2-1-3-12(13)9-18-14(20)10-19-7-5-11(6-8-19)15(17)21/h1-4,11H,5-10H2,(H2,17,21)(H,18,20)/p+1. The molecule has 0 saturated carbocycles. The number of hydrogen-bond donors (Lipinski definition) is 3. The average molecular weight is 294 g/mol. The third-order valence-corrected chi connectivity index (χ3v) is 3.94. The van der Waals surface area contributed by atoms with Crippen molar-refractivity contribution in [3.8, 4) is 0 Å². The lowest BCUT2D eigenvalue weighted by atomic mass is 9.96. The van der Waals surface area contributed by atoms with Gasteiger partial charge in [0.05, 0.1) is 13.1 Å². The number of quaternary nitrogens is 1. The molecule has 1 fully saturated rings. The summed E-state index contributed by atoms with van der Waals surface area (Å²) in [6.45, 7) is 2.07. The van der Waals surface area contributed by atoms with Crippen molar-refractivity contribution in [1.29, 1.82) is 0 Å². The number of nitrogens with two attached hydrogens (primary N) is 1. The first kappa shape index (κ1) is 15.4. The third-order valence-electron chi connectivity index (χ3n) is 3.94. The molecule has 0 atom stereocenters. The Morgan fingerprint density at radius 2 is 1.95 bits per heavy atom. The number of piperidine rings is 1. The highest BCUT2D eigenvalue weighted by molar-refractivity contribution is 5.77. The highest BCUT2D eigenvalue weighted by Crippen LogP contribution is 2.08. The maximum atomic E-state index is 13.4.